The fraction of sp³-hybridized carbons (Fsp3) is 0.333. The van der Waals surface area contributed by atoms with E-state index in [1.165, 1.54) is 0 Å². The molecule has 1 aliphatic rings. The molecule has 1 saturated carbocycles. The van der Waals surface area contributed by atoms with Gasteiger partial charge in [-0.05, 0) is 36.3 Å². The second kappa shape index (κ2) is 4.97. The first-order valence-corrected chi connectivity index (χ1v) is 6.62. The fourth-order valence-corrected chi connectivity index (χ4v) is 2.33. The Bertz CT molecular complexity index is 602. The quantitative estimate of drug-likeness (QED) is 0.880. The number of carbonyl (C=O) groups excluding carboxylic acids is 1. The molecule has 4 heteroatoms. The number of benzene rings is 1. The Kier molecular flexibility index (Phi) is 3.17. The molecule has 0 bridgehead atoms. The van der Waals surface area contributed by atoms with Crippen molar-refractivity contribution in [3.05, 3.63) is 36.7 Å². The van der Waals surface area contributed by atoms with Crippen LogP contribution in [0, 0.1) is 5.92 Å². The molecular weight excluding hydrogens is 238 g/mol. The highest BCUT2D eigenvalue weighted by Gasteiger charge is 2.29. The number of nitrogens with two attached hydrogens (primary N) is 1. The molecule has 1 amide bonds. The summed E-state index contributed by atoms with van der Waals surface area (Å²) in [4.78, 5) is 16.1. The summed E-state index contributed by atoms with van der Waals surface area (Å²) in [5.74, 6) is 0.524. The van der Waals surface area contributed by atoms with E-state index in [2.05, 4.69) is 10.3 Å². The van der Waals surface area contributed by atoms with Gasteiger partial charge in [0.15, 0.2) is 0 Å². The zero-order valence-corrected chi connectivity index (χ0v) is 10.7. The van der Waals surface area contributed by atoms with Gasteiger partial charge in [0, 0.05) is 30.2 Å². The molecule has 3 N–H and O–H groups in total. The van der Waals surface area contributed by atoms with Gasteiger partial charge in [0.25, 0.3) is 0 Å². The lowest BCUT2D eigenvalue weighted by atomic mass is 10.1. The number of anilines is 1. The third-order valence-corrected chi connectivity index (χ3v) is 3.61. The maximum Gasteiger partial charge on any atom is 0.225 e. The van der Waals surface area contributed by atoms with Gasteiger partial charge in [-0.1, -0.05) is 12.1 Å². The number of pyridine rings is 1. The van der Waals surface area contributed by atoms with Crippen LogP contribution in [0.3, 0.4) is 0 Å². The molecule has 1 heterocycles. The molecule has 1 aliphatic carbocycles. The van der Waals surface area contributed by atoms with Crippen LogP contribution < -0.4 is 11.1 Å². The molecule has 2 aromatic rings. The summed E-state index contributed by atoms with van der Waals surface area (Å²) < 4.78 is 0. The van der Waals surface area contributed by atoms with Gasteiger partial charge in [-0.2, -0.15) is 0 Å². The zero-order valence-electron chi connectivity index (χ0n) is 10.7. The topological polar surface area (TPSA) is 68.0 Å². The number of hydrogen-bond donors (Lipinski definition) is 2. The van der Waals surface area contributed by atoms with Crippen molar-refractivity contribution in [2.75, 3.05) is 5.32 Å². The first-order valence-electron chi connectivity index (χ1n) is 6.62. The Labute approximate surface area is 112 Å². The van der Waals surface area contributed by atoms with Crippen molar-refractivity contribution in [1.82, 2.24) is 4.98 Å². The van der Waals surface area contributed by atoms with E-state index in [0.29, 0.717) is 12.3 Å². The lowest BCUT2D eigenvalue weighted by molar-refractivity contribution is -0.116. The van der Waals surface area contributed by atoms with Crippen molar-refractivity contribution in [1.29, 1.82) is 0 Å². The van der Waals surface area contributed by atoms with Crippen molar-refractivity contribution in [2.45, 2.75) is 25.3 Å². The molecule has 1 aromatic heterocycles. The van der Waals surface area contributed by atoms with Gasteiger partial charge in [-0.15, -0.1) is 0 Å². The van der Waals surface area contributed by atoms with Gasteiger partial charge < -0.3 is 11.1 Å². The van der Waals surface area contributed by atoms with Crippen LogP contribution in [0.2, 0.25) is 0 Å². The smallest absolute Gasteiger partial charge is 0.225 e. The van der Waals surface area contributed by atoms with Crippen molar-refractivity contribution in [3.63, 3.8) is 0 Å². The molecular formula is C15H17N3O. The van der Waals surface area contributed by atoms with E-state index in [9.17, 15) is 4.79 Å². The largest absolute Gasteiger partial charge is 0.327 e. The Hall–Kier alpha value is -1.94. The summed E-state index contributed by atoms with van der Waals surface area (Å²) in [6, 6.07) is 7.75. The highest BCUT2D eigenvalue weighted by Crippen LogP contribution is 2.33. The predicted octanol–water partition coefficient (Wildman–Crippen LogP) is 2.30. The first-order chi connectivity index (χ1) is 9.24. The number of nitrogens with zero attached hydrogens (tertiary/aromatic N) is 1. The Morgan fingerprint density at radius 3 is 3.05 bits per heavy atom. The van der Waals surface area contributed by atoms with Crippen molar-refractivity contribution in [3.8, 4) is 0 Å². The summed E-state index contributed by atoms with van der Waals surface area (Å²) in [7, 11) is 0. The molecule has 1 unspecified atom stereocenters. The summed E-state index contributed by atoms with van der Waals surface area (Å²) in [5.41, 5.74) is 6.78. The molecule has 0 saturated heterocycles. The van der Waals surface area contributed by atoms with Gasteiger partial charge >= 0.3 is 0 Å². The number of amides is 1. The van der Waals surface area contributed by atoms with E-state index in [0.717, 1.165) is 29.3 Å². The molecule has 0 spiro atoms. The Morgan fingerprint density at radius 1 is 1.42 bits per heavy atom. The second-order valence-corrected chi connectivity index (χ2v) is 5.16. The van der Waals surface area contributed by atoms with E-state index >= 15 is 0 Å². The summed E-state index contributed by atoms with van der Waals surface area (Å²) >= 11 is 0. The predicted molar refractivity (Wildman–Crippen MR) is 75.7 cm³/mol. The monoisotopic (exact) mass is 255 g/mol. The molecule has 3 rings (SSSR count). The standard InChI is InChI=1S/C15H17N3O/c16-13(11-4-5-11)8-15(19)18-14-3-1-2-10-6-7-17-9-12(10)14/h1-3,6-7,9,11,13H,4-5,8,16H2,(H,18,19). The Morgan fingerprint density at radius 2 is 2.26 bits per heavy atom. The minimum Gasteiger partial charge on any atom is -0.327 e. The van der Waals surface area contributed by atoms with Crippen LogP contribution in [-0.2, 0) is 4.79 Å². The van der Waals surface area contributed by atoms with Crippen LogP contribution in [0.15, 0.2) is 36.7 Å². The normalized spacial score (nSPS) is 16.3. The van der Waals surface area contributed by atoms with Crippen LogP contribution in [0.1, 0.15) is 19.3 Å². The summed E-state index contributed by atoms with van der Waals surface area (Å²) in [5, 5.41) is 4.97. The van der Waals surface area contributed by atoms with Crippen LogP contribution in [-0.4, -0.2) is 16.9 Å². The maximum atomic E-state index is 12.0. The van der Waals surface area contributed by atoms with E-state index in [1.807, 2.05) is 24.3 Å². The Balaban J connectivity index is 1.75. The maximum absolute atomic E-state index is 12.0. The van der Waals surface area contributed by atoms with Crippen molar-refractivity contribution in [2.24, 2.45) is 11.7 Å². The van der Waals surface area contributed by atoms with E-state index < -0.39 is 0 Å². The average Bonchev–Trinajstić information content (AvgIpc) is 3.23. The minimum absolute atomic E-state index is 0.00639. The molecule has 0 radical (unpaired) electrons. The van der Waals surface area contributed by atoms with Crippen molar-refractivity contribution >= 4 is 22.4 Å². The lowest BCUT2D eigenvalue weighted by Crippen LogP contribution is -2.28. The fourth-order valence-electron chi connectivity index (χ4n) is 2.33. The van der Waals surface area contributed by atoms with Crippen LogP contribution in [0.4, 0.5) is 5.69 Å². The number of nitrogens with one attached hydrogen (secondary N) is 1. The average molecular weight is 255 g/mol. The molecule has 4 nitrogen and oxygen atoms in total. The SMILES string of the molecule is NC(CC(=O)Nc1cccc2ccncc12)C1CC1. The number of hydrogen-bond acceptors (Lipinski definition) is 3. The van der Waals surface area contributed by atoms with Crippen LogP contribution >= 0.6 is 0 Å². The number of aromatic nitrogens is 1. The van der Waals surface area contributed by atoms with Crippen LogP contribution in [0.5, 0.6) is 0 Å². The van der Waals surface area contributed by atoms with Gasteiger partial charge in [0.2, 0.25) is 5.91 Å². The summed E-state index contributed by atoms with van der Waals surface area (Å²) in [6.07, 6.45) is 6.23. The van der Waals surface area contributed by atoms with Crippen molar-refractivity contribution < 1.29 is 4.79 Å². The van der Waals surface area contributed by atoms with Gasteiger partial charge in [-0.25, -0.2) is 0 Å². The van der Waals surface area contributed by atoms with E-state index in [-0.39, 0.29) is 11.9 Å². The van der Waals surface area contributed by atoms with Gasteiger partial charge in [-0.3, -0.25) is 9.78 Å². The van der Waals surface area contributed by atoms with E-state index in [4.69, 9.17) is 5.73 Å². The van der Waals surface area contributed by atoms with E-state index in [1.54, 1.807) is 12.4 Å². The summed E-state index contributed by atoms with van der Waals surface area (Å²) in [6.45, 7) is 0. The molecule has 1 atom stereocenters. The number of fused-ring (bicyclic) bond motifs is 1. The zero-order chi connectivity index (χ0) is 13.2. The second-order valence-electron chi connectivity index (χ2n) is 5.16. The molecule has 98 valence electrons. The highest BCUT2D eigenvalue weighted by atomic mass is 16.1. The van der Waals surface area contributed by atoms with Gasteiger partial charge in [0.05, 0.1) is 5.69 Å². The molecule has 1 aromatic carbocycles. The lowest BCUT2D eigenvalue weighted by Gasteiger charge is -2.12. The third kappa shape index (κ3) is 2.74. The highest BCUT2D eigenvalue weighted by molar-refractivity contribution is 6.01. The number of rotatable bonds is 4. The number of carbonyl (C=O) groups is 1. The molecule has 19 heavy (non-hydrogen) atoms. The first kappa shape index (κ1) is 12.1. The minimum atomic E-state index is -0.0178. The van der Waals surface area contributed by atoms with Gasteiger partial charge in [0.1, 0.15) is 0 Å². The molecule has 0 aliphatic heterocycles. The third-order valence-electron chi connectivity index (χ3n) is 3.61. The molecule has 1 fully saturated rings. The van der Waals surface area contributed by atoms with Crippen LogP contribution in [0.25, 0.3) is 10.8 Å².